The maximum Gasteiger partial charge on any atom is 0.407 e. The fourth-order valence-corrected chi connectivity index (χ4v) is 0.750. The fraction of sp³-hybridized carbons (Fsp3) is 0.889. The van der Waals surface area contributed by atoms with Crippen LogP contribution in [0.3, 0.4) is 0 Å². The number of alkyl halides is 2. The Bertz CT molecular complexity index is 204. The average Bonchev–Trinajstić information content (AvgIpc) is 1.96. The summed E-state index contributed by atoms with van der Waals surface area (Å²) in [6.07, 6.45) is -1.47. The van der Waals surface area contributed by atoms with Crippen LogP contribution in [-0.4, -0.2) is 31.0 Å². The van der Waals surface area contributed by atoms with Crippen molar-refractivity contribution in [2.45, 2.75) is 45.9 Å². The van der Waals surface area contributed by atoms with Crippen LogP contribution in [0.5, 0.6) is 0 Å². The van der Waals surface area contributed by atoms with E-state index >= 15 is 0 Å². The van der Waals surface area contributed by atoms with Gasteiger partial charge in [-0.1, -0.05) is 0 Å². The summed E-state index contributed by atoms with van der Waals surface area (Å²) in [4.78, 5) is 11.1. The Balaban J connectivity index is 3.72. The first-order valence-electron chi connectivity index (χ1n) is 4.59. The number of ether oxygens (including phenoxy) is 2. The Labute approximate surface area is 87.9 Å². The first kappa shape index (κ1) is 14.1. The molecule has 0 spiro atoms. The van der Waals surface area contributed by atoms with Crippen molar-refractivity contribution < 1.29 is 23.0 Å². The van der Waals surface area contributed by atoms with Crippen LogP contribution in [0.2, 0.25) is 0 Å². The largest absolute Gasteiger partial charge is 0.447 e. The Morgan fingerprint density at radius 2 is 1.93 bits per heavy atom. The second-order valence-corrected chi connectivity index (χ2v) is 4.18. The van der Waals surface area contributed by atoms with Crippen LogP contribution in [0.1, 0.15) is 27.7 Å². The molecule has 0 aromatic carbocycles. The van der Waals surface area contributed by atoms with Gasteiger partial charge in [-0.25, -0.2) is 4.79 Å². The first-order valence-corrected chi connectivity index (χ1v) is 4.59. The predicted octanol–water partition coefficient (Wildman–Crippen LogP) is 2.14. The van der Waals surface area contributed by atoms with Gasteiger partial charge >= 0.3 is 12.7 Å². The highest BCUT2D eigenvalue weighted by molar-refractivity contribution is 5.68. The normalized spacial score (nSPS) is 13.8. The number of hydrogen-bond acceptors (Lipinski definition) is 3. The molecule has 0 unspecified atom stereocenters. The first-order chi connectivity index (χ1) is 6.70. The van der Waals surface area contributed by atoms with E-state index in [-0.39, 0.29) is 6.61 Å². The molecular formula is C9H17F2NO3. The van der Waals surface area contributed by atoms with Crippen LogP contribution < -0.4 is 5.32 Å². The predicted molar refractivity (Wildman–Crippen MR) is 50.8 cm³/mol. The monoisotopic (exact) mass is 225 g/mol. The summed E-state index contributed by atoms with van der Waals surface area (Å²) in [5.41, 5.74) is -0.413. The van der Waals surface area contributed by atoms with Crippen molar-refractivity contribution in [3.05, 3.63) is 0 Å². The van der Waals surface area contributed by atoms with Gasteiger partial charge in [0.05, 0.1) is 6.10 Å². The van der Waals surface area contributed by atoms with Crippen molar-refractivity contribution in [3.8, 4) is 0 Å². The van der Waals surface area contributed by atoms with Gasteiger partial charge in [0.2, 0.25) is 0 Å². The van der Waals surface area contributed by atoms with E-state index in [0.29, 0.717) is 0 Å². The fourth-order valence-electron chi connectivity index (χ4n) is 0.750. The van der Waals surface area contributed by atoms with Crippen LogP contribution >= 0.6 is 0 Å². The van der Waals surface area contributed by atoms with Gasteiger partial charge in [0.25, 0.3) is 0 Å². The van der Waals surface area contributed by atoms with Gasteiger partial charge in [-0.15, -0.1) is 0 Å². The molecule has 0 saturated carbocycles. The molecule has 1 N–H and O–H groups in total. The molecule has 0 rings (SSSR count). The Kier molecular flexibility index (Phi) is 5.49. The van der Waals surface area contributed by atoms with Crippen molar-refractivity contribution >= 4 is 6.09 Å². The summed E-state index contributed by atoms with van der Waals surface area (Å²) in [6.45, 7) is 3.70. The van der Waals surface area contributed by atoms with Gasteiger partial charge in [-0.2, -0.15) is 8.78 Å². The molecule has 0 aliphatic heterocycles. The number of carbonyl (C=O) groups excluding carboxylic acids is 1. The Hall–Kier alpha value is -0.910. The minimum absolute atomic E-state index is 0.202. The van der Waals surface area contributed by atoms with Crippen LogP contribution in [0, 0.1) is 0 Å². The zero-order valence-corrected chi connectivity index (χ0v) is 9.34. The maximum absolute atomic E-state index is 11.7. The lowest BCUT2D eigenvalue weighted by molar-refractivity contribution is -0.166. The summed E-state index contributed by atoms with van der Waals surface area (Å²) in [5.74, 6) is 0. The lowest BCUT2D eigenvalue weighted by Crippen LogP contribution is -2.41. The zero-order chi connectivity index (χ0) is 12.1. The third-order valence-electron chi connectivity index (χ3n) is 1.26. The second kappa shape index (κ2) is 5.85. The van der Waals surface area contributed by atoms with Crippen molar-refractivity contribution in [1.82, 2.24) is 5.32 Å². The second-order valence-electron chi connectivity index (χ2n) is 4.18. The molecule has 6 heteroatoms. The molecular weight excluding hydrogens is 208 g/mol. The van der Waals surface area contributed by atoms with E-state index in [2.05, 4.69) is 14.8 Å². The molecule has 1 atom stereocenters. The number of alkyl carbamates (subject to hydrolysis) is 1. The third-order valence-corrected chi connectivity index (χ3v) is 1.26. The quantitative estimate of drug-likeness (QED) is 0.797. The van der Waals surface area contributed by atoms with Crippen molar-refractivity contribution in [1.29, 1.82) is 0 Å². The molecule has 4 nitrogen and oxygen atoms in total. The molecule has 0 bridgehead atoms. The minimum Gasteiger partial charge on any atom is -0.447 e. The molecule has 0 saturated heterocycles. The van der Waals surface area contributed by atoms with Gasteiger partial charge in [0, 0.05) is 5.54 Å². The van der Waals surface area contributed by atoms with Crippen LogP contribution in [-0.2, 0) is 9.47 Å². The van der Waals surface area contributed by atoms with E-state index in [1.807, 2.05) is 0 Å². The number of carbonyl (C=O) groups is 1. The summed E-state index contributed by atoms with van der Waals surface area (Å²) < 4.78 is 32.2. The van der Waals surface area contributed by atoms with E-state index in [9.17, 15) is 13.6 Å². The Morgan fingerprint density at radius 3 is 2.33 bits per heavy atom. The lowest BCUT2D eigenvalue weighted by atomic mass is 10.1. The summed E-state index contributed by atoms with van der Waals surface area (Å²) in [6, 6.07) is 0. The van der Waals surface area contributed by atoms with Crippen molar-refractivity contribution in [2.75, 3.05) is 6.61 Å². The molecule has 0 heterocycles. The molecule has 0 fully saturated rings. The lowest BCUT2D eigenvalue weighted by Gasteiger charge is -2.21. The summed E-state index contributed by atoms with van der Waals surface area (Å²) >= 11 is 0. The van der Waals surface area contributed by atoms with E-state index in [1.165, 1.54) is 6.92 Å². The number of nitrogens with one attached hydrogen (secondary N) is 1. The van der Waals surface area contributed by atoms with Crippen LogP contribution in [0.4, 0.5) is 13.6 Å². The van der Waals surface area contributed by atoms with Gasteiger partial charge in [-0.05, 0) is 27.7 Å². The van der Waals surface area contributed by atoms with Gasteiger partial charge in [0.1, 0.15) is 6.61 Å². The van der Waals surface area contributed by atoms with Gasteiger partial charge in [-0.3, -0.25) is 0 Å². The van der Waals surface area contributed by atoms with E-state index in [0.717, 1.165) is 0 Å². The average molecular weight is 225 g/mol. The number of halogens is 2. The van der Waals surface area contributed by atoms with Crippen LogP contribution in [0.25, 0.3) is 0 Å². The smallest absolute Gasteiger partial charge is 0.407 e. The van der Waals surface area contributed by atoms with Gasteiger partial charge in [0.15, 0.2) is 0 Å². The molecule has 0 radical (unpaired) electrons. The highest BCUT2D eigenvalue weighted by atomic mass is 19.3. The number of hydrogen-bond donors (Lipinski definition) is 1. The molecule has 1 amide bonds. The highest BCUT2D eigenvalue weighted by Crippen LogP contribution is 2.03. The molecule has 0 aliphatic rings. The van der Waals surface area contributed by atoms with E-state index in [4.69, 9.17) is 0 Å². The topological polar surface area (TPSA) is 47.6 Å². The van der Waals surface area contributed by atoms with E-state index in [1.54, 1.807) is 20.8 Å². The summed E-state index contributed by atoms with van der Waals surface area (Å²) in [7, 11) is 0. The maximum atomic E-state index is 11.7. The highest BCUT2D eigenvalue weighted by Gasteiger charge is 2.16. The summed E-state index contributed by atoms with van der Waals surface area (Å²) in [5, 5.41) is 2.52. The SMILES string of the molecule is C[C@@H](COC(=O)NC(C)(C)C)OC(F)F. The Morgan fingerprint density at radius 1 is 1.40 bits per heavy atom. The van der Waals surface area contributed by atoms with Crippen molar-refractivity contribution in [2.24, 2.45) is 0 Å². The molecule has 0 aromatic heterocycles. The number of amides is 1. The molecule has 0 aromatic rings. The zero-order valence-electron chi connectivity index (χ0n) is 9.34. The number of rotatable bonds is 4. The van der Waals surface area contributed by atoms with Crippen LogP contribution in [0.15, 0.2) is 0 Å². The van der Waals surface area contributed by atoms with Crippen molar-refractivity contribution in [3.63, 3.8) is 0 Å². The molecule has 90 valence electrons. The standard InChI is InChI=1S/C9H17F2NO3/c1-6(15-7(10)11)5-14-8(13)12-9(2,3)4/h6-7H,5H2,1-4H3,(H,12,13)/t6-/m0/s1. The molecule has 0 aliphatic carbocycles. The van der Waals surface area contributed by atoms with E-state index < -0.39 is 24.3 Å². The van der Waals surface area contributed by atoms with Gasteiger partial charge < -0.3 is 14.8 Å². The third kappa shape index (κ3) is 9.40. The molecule has 15 heavy (non-hydrogen) atoms. The minimum atomic E-state index is -2.85.